The Labute approximate surface area is 320 Å². The fraction of sp³-hybridized carbons (Fsp3) is 0.327. The van der Waals surface area contributed by atoms with Crippen LogP contribution in [-0.4, -0.2) is 24.1 Å². The number of benzene rings is 5. The van der Waals surface area contributed by atoms with Crippen LogP contribution in [0.25, 0.3) is 66.9 Å². The van der Waals surface area contributed by atoms with E-state index in [9.17, 15) is 0 Å². The monoisotopic (exact) mass is 711 g/mol. The summed E-state index contributed by atoms with van der Waals surface area (Å²) in [4.78, 5) is 16.2. The van der Waals surface area contributed by atoms with Gasteiger partial charge in [-0.15, -0.1) is 0 Å². The minimum Gasteiger partial charge on any atom is -0.277 e. The van der Waals surface area contributed by atoms with Crippen LogP contribution >= 0.6 is 0 Å². The van der Waals surface area contributed by atoms with Gasteiger partial charge in [0.15, 0.2) is 5.82 Å². The molecule has 0 aliphatic heterocycles. The van der Waals surface area contributed by atoms with E-state index in [2.05, 4.69) is 189 Å². The number of fused-ring (bicyclic) bond motifs is 6. The molecule has 8 aromatic rings. The molecule has 0 saturated heterocycles. The van der Waals surface area contributed by atoms with Crippen molar-refractivity contribution in [3.8, 4) is 23.3 Å². The van der Waals surface area contributed by atoms with Crippen molar-refractivity contribution < 1.29 is 0 Å². The molecule has 5 nitrogen and oxygen atoms in total. The molecular weight excluding hydrogens is 659 g/mol. The topological polar surface area (TPSA) is 48.5 Å². The molecule has 0 radical (unpaired) electrons. The molecule has 0 N–H and O–H groups in total. The lowest BCUT2D eigenvalue weighted by atomic mass is 9.79. The molecule has 3 heterocycles. The van der Waals surface area contributed by atoms with E-state index in [1.807, 2.05) is 6.07 Å². The van der Waals surface area contributed by atoms with Crippen molar-refractivity contribution in [2.45, 2.75) is 105 Å². The zero-order chi connectivity index (χ0) is 38.5. The normalized spacial score (nSPS) is 13.2. The molecule has 54 heavy (non-hydrogen) atoms. The average molecular weight is 712 g/mol. The van der Waals surface area contributed by atoms with Gasteiger partial charge in [0, 0.05) is 27.1 Å². The van der Waals surface area contributed by atoms with Crippen molar-refractivity contribution in [1.29, 1.82) is 0 Å². The van der Waals surface area contributed by atoms with Crippen molar-refractivity contribution in [2.24, 2.45) is 0 Å². The number of hydrogen-bond donors (Lipinski definition) is 0. The van der Waals surface area contributed by atoms with Crippen LogP contribution in [-0.2, 0) is 21.7 Å². The largest absolute Gasteiger partial charge is 0.277 e. The maximum absolute atomic E-state index is 5.54. The Balaban J connectivity index is 1.56. The number of rotatable bonds is 3. The molecule has 5 heteroatoms. The summed E-state index contributed by atoms with van der Waals surface area (Å²) in [6.45, 7) is 27.6. The molecule has 0 saturated carbocycles. The van der Waals surface area contributed by atoms with E-state index >= 15 is 0 Å². The van der Waals surface area contributed by atoms with Gasteiger partial charge in [-0.25, -0.2) is 0 Å². The van der Waals surface area contributed by atoms with Gasteiger partial charge in [-0.2, -0.15) is 15.0 Å². The quantitative estimate of drug-likeness (QED) is 0.183. The Kier molecular flexibility index (Phi) is 8.01. The van der Waals surface area contributed by atoms with Crippen LogP contribution in [0.4, 0.5) is 0 Å². The van der Waals surface area contributed by atoms with Crippen molar-refractivity contribution in [3.05, 3.63) is 125 Å². The molecule has 0 fully saturated rings. The lowest BCUT2D eigenvalue weighted by molar-refractivity contribution is 0.571. The molecular formula is C49H53N5. The third-order valence-electron chi connectivity index (χ3n) is 10.9. The zero-order valence-corrected chi connectivity index (χ0v) is 34.1. The first-order chi connectivity index (χ1) is 25.3. The van der Waals surface area contributed by atoms with Crippen LogP contribution in [0.2, 0.25) is 0 Å². The van der Waals surface area contributed by atoms with Crippen LogP contribution in [0, 0.1) is 0 Å². The Bertz CT molecular complexity index is 2570. The smallest absolute Gasteiger partial charge is 0.240 e. The first kappa shape index (κ1) is 35.7. The summed E-state index contributed by atoms with van der Waals surface area (Å²) < 4.78 is 4.59. The predicted octanol–water partition coefficient (Wildman–Crippen LogP) is 12.9. The summed E-state index contributed by atoms with van der Waals surface area (Å²) in [5, 5.41) is 4.81. The van der Waals surface area contributed by atoms with Gasteiger partial charge in [-0.3, -0.25) is 9.13 Å². The highest BCUT2D eigenvalue weighted by atomic mass is 15.3. The fourth-order valence-electron chi connectivity index (χ4n) is 7.89. The highest BCUT2D eigenvalue weighted by molar-refractivity contribution is 6.12. The van der Waals surface area contributed by atoms with Crippen LogP contribution in [0.5, 0.6) is 0 Å². The molecule has 0 aliphatic carbocycles. The molecule has 0 atom stereocenters. The fourth-order valence-corrected chi connectivity index (χ4v) is 7.89. The van der Waals surface area contributed by atoms with Gasteiger partial charge in [0.1, 0.15) is 0 Å². The van der Waals surface area contributed by atoms with E-state index in [0.29, 0.717) is 17.7 Å². The Hall–Kier alpha value is -5.29. The van der Waals surface area contributed by atoms with Gasteiger partial charge in [0.05, 0.1) is 22.1 Å². The van der Waals surface area contributed by atoms with Crippen molar-refractivity contribution >= 4 is 43.6 Å². The van der Waals surface area contributed by atoms with E-state index in [4.69, 9.17) is 15.0 Å². The molecule has 5 aromatic carbocycles. The van der Waals surface area contributed by atoms with Gasteiger partial charge in [0.25, 0.3) is 0 Å². The summed E-state index contributed by atoms with van der Waals surface area (Å²) in [6, 6.07) is 37.3. The molecule has 0 bridgehead atoms. The highest BCUT2D eigenvalue weighted by Crippen LogP contribution is 2.43. The molecule has 0 unspecified atom stereocenters. The van der Waals surface area contributed by atoms with E-state index in [0.717, 1.165) is 27.6 Å². The van der Waals surface area contributed by atoms with Gasteiger partial charge < -0.3 is 0 Å². The van der Waals surface area contributed by atoms with Crippen molar-refractivity contribution in [1.82, 2.24) is 24.1 Å². The van der Waals surface area contributed by atoms with E-state index in [1.54, 1.807) is 0 Å². The lowest BCUT2D eigenvalue weighted by Crippen LogP contribution is -2.19. The zero-order valence-electron chi connectivity index (χ0n) is 34.1. The maximum atomic E-state index is 5.54. The molecule has 8 rings (SSSR count). The number of hydrogen-bond acceptors (Lipinski definition) is 3. The third kappa shape index (κ3) is 5.89. The number of nitrogens with zero attached hydrogens (tertiary/aromatic N) is 5. The summed E-state index contributed by atoms with van der Waals surface area (Å²) in [6.07, 6.45) is 0. The lowest BCUT2D eigenvalue weighted by Gasteiger charge is -2.27. The second kappa shape index (κ2) is 12.1. The summed E-state index contributed by atoms with van der Waals surface area (Å²) >= 11 is 0. The Morgan fingerprint density at radius 3 is 1.17 bits per heavy atom. The second-order valence-electron chi connectivity index (χ2n) is 19.2. The first-order valence-corrected chi connectivity index (χ1v) is 19.3. The van der Waals surface area contributed by atoms with E-state index < -0.39 is 0 Å². The molecule has 274 valence electrons. The number of para-hydroxylation sites is 2. The van der Waals surface area contributed by atoms with Crippen LogP contribution in [0.3, 0.4) is 0 Å². The first-order valence-electron chi connectivity index (χ1n) is 19.3. The Morgan fingerprint density at radius 2 is 0.778 bits per heavy atom. The van der Waals surface area contributed by atoms with E-state index in [1.165, 1.54) is 43.8 Å². The molecule has 3 aromatic heterocycles. The summed E-state index contributed by atoms with van der Waals surface area (Å²) in [5.74, 6) is 1.85. The third-order valence-corrected chi connectivity index (χ3v) is 10.9. The molecule has 0 amide bonds. The minimum atomic E-state index is -0.150. The minimum absolute atomic E-state index is 0.0215. The summed E-state index contributed by atoms with van der Waals surface area (Å²) in [5.41, 5.74) is 10.2. The summed E-state index contributed by atoms with van der Waals surface area (Å²) in [7, 11) is 0. The predicted molar refractivity (Wildman–Crippen MR) is 229 cm³/mol. The molecule has 0 aliphatic rings. The SMILES string of the molecule is CC(C)(C)c1cc(C(C)(C)C)c2c(c1)c1ccccc1n2-c1nc(-c2ccccc2)nc(-n2c3ccccc3c3cc(C(C)(C)C)cc(C(C)(C)C)c32)n1. The second-order valence-corrected chi connectivity index (χ2v) is 19.2. The Morgan fingerprint density at radius 1 is 0.389 bits per heavy atom. The maximum Gasteiger partial charge on any atom is 0.240 e. The van der Waals surface area contributed by atoms with Crippen molar-refractivity contribution in [2.75, 3.05) is 0 Å². The standard InChI is InChI=1S/C49H53N5/c1-46(2,3)31-26-35-33-22-16-18-24-39(33)53(41(35)37(28-31)48(7,8)9)44-50-43(30-20-14-13-15-21-30)51-45(52-44)54-40-25-19-17-23-34(40)36-27-32(47(4,5)6)29-38(42(36)54)49(10,11)12/h13-29H,1-12H3. The average Bonchev–Trinajstić information content (AvgIpc) is 3.62. The van der Waals surface area contributed by atoms with Crippen LogP contribution < -0.4 is 0 Å². The van der Waals surface area contributed by atoms with Crippen LogP contribution in [0.15, 0.2) is 103 Å². The van der Waals surface area contributed by atoms with Crippen molar-refractivity contribution in [3.63, 3.8) is 0 Å². The van der Waals surface area contributed by atoms with E-state index in [-0.39, 0.29) is 21.7 Å². The highest BCUT2D eigenvalue weighted by Gasteiger charge is 2.30. The van der Waals surface area contributed by atoms with Gasteiger partial charge in [0.2, 0.25) is 11.9 Å². The number of aromatic nitrogens is 5. The van der Waals surface area contributed by atoms with Gasteiger partial charge >= 0.3 is 0 Å². The van der Waals surface area contributed by atoms with Gasteiger partial charge in [-0.1, -0.05) is 162 Å². The molecule has 0 spiro atoms. The van der Waals surface area contributed by atoms with Gasteiger partial charge in [-0.05, 0) is 68.2 Å². The van der Waals surface area contributed by atoms with Crippen LogP contribution in [0.1, 0.15) is 105 Å².